The molecular weight excluding hydrogens is 270 g/mol. The Bertz CT molecular complexity index is 674. The van der Waals surface area contributed by atoms with Gasteiger partial charge in [0.2, 0.25) is 0 Å². The quantitative estimate of drug-likeness (QED) is 0.873. The van der Waals surface area contributed by atoms with Gasteiger partial charge in [0, 0.05) is 22.6 Å². The van der Waals surface area contributed by atoms with E-state index in [1.165, 1.54) is 5.56 Å². The summed E-state index contributed by atoms with van der Waals surface area (Å²) in [6, 6.07) is 8.14. The number of ether oxygens (including phenoxy) is 1. The fourth-order valence-electron chi connectivity index (χ4n) is 2.86. The van der Waals surface area contributed by atoms with Gasteiger partial charge in [-0.15, -0.1) is 0 Å². The highest BCUT2D eigenvalue weighted by molar-refractivity contribution is 7.98. The summed E-state index contributed by atoms with van der Waals surface area (Å²) in [5.74, 6) is 4.52. The summed E-state index contributed by atoms with van der Waals surface area (Å²) in [4.78, 5) is 9.33. The van der Waals surface area contributed by atoms with Gasteiger partial charge in [0.05, 0.1) is 18.2 Å². The molecule has 1 atom stereocenters. The Morgan fingerprint density at radius 3 is 3.05 bits per heavy atom. The van der Waals surface area contributed by atoms with Crippen molar-refractivity contribution in [1.82, 2.24) is 9.97 Å². The maximum Gasteiger partial charge on any atom is 0.138 e. The fourth-order valence-corrected chi connectivity index (χ4v) is 3.91. The number of hydrogen-bond acceptors (Lipinski definition) is 5. The SMILES string of the molecule is Nc1nc(C2CCOc3ccccc32)nc2c1CSC2. The Hall–Kier alpha value is -1.75. The van der Waals surface area contributed by atoms with E-state index in [1.54, 1.807) is 0 Å². The second-order valence-corrected chi connectivity index (χ2v) is 6.10. The third kappa shape index (κ3) is 1.85. The summed E-state index contributed by atoms with van der Waals surface area (Å²) in [5, 5.41) is 0. The Morgan fingerprint density at radius 1 is 1.20 bits per heavy atom. The van der Waals surface area contributed by atoms with Crippen molar-refractivity contribution >= 4 is 17.6 Å². The first-order valence-electron chi connectivity index (χ1n) is 6.77. The molecule has 20 heavy (non-hydrogen) atoms. The van der Waals surface area contributed by atoms with Gasteiger partial charge in [0.25, 0.3) is 0 Å². The van der Waals surface area contributed by atoms with Crippen LogP contribution in [0.25, 0.3) is 0 Å². The zero-order valence-electron chi connectivity index (χ0n) is 11.0. The zero-order valence-corrected chi connectivity index (χ0v) is 11.8. The molecule has 0 spiro atoms. The van der Waals surface area contributed by atoms with Gasteiger partial charge in [-0.3, -0.25) is 0 Å². The van der Waals surface area contributed by atoms with Gasteiger partial charge in [-0.1, -0.05) is 18.2 Å². The van der Waals surface area contributed by atoms with E-state index in [2.05, 4.69) is 11.1 Å². The largest absolute Gasteiger partial charge is 0.493 e. The molecule has 4 rings (SSSR count). The van der Waals surface area contributed by atoms with Crippen LogP contribution in [-0.2, 0) is 11.5 Å². The van der Waals surface area contributed by atoms with Crippen LogP contribution in [0.1, 0.15) is 35.0 Å². The molecule has 2 aliphatic rings. The molecule has 0 saturated carbocycles. The van der Waals surface area contributed by atoms with Gasteiger partial charge >= 0.3 is 0 Å². The number of para-hydroxylation sites is 1. The summed E-state index contributed by atoms with van der Waals surface area (Å²) in [6.07, 6.45) is 0.905. The van der Waals surface area contributed by atoms with E-state index in [1.807, 2.05) is 30.0 Å². The third-order valence-corrected chi connectivity index (χ3v) is 4.87. The van der Waals surface area contributed by atoms with Crippen LogP contribution in [0, 0.1) is 0 Å². The molecule has 4 nitrogen and oxygen atoms in total. The molecule has 0 fully saturated rings. The molecule has 0 aliphatic carbocycles. The number of aromatic nitrogens is 2. The van der Waals surface area contributed by atoms with Gasteiger partial charge in [-0.05, 0) is 12.5 Å². The highest BCUT2D eigenvalue weighted by Crippen LogP contribution is 2.39. The van der Waals surface area contributed by atoms with Crippen LogP contribution in [0.5, 0.6) is 5.75 Å². The van der Waals surface area contributed by atoms with E-state index in [-0.39, 0.29) is 5.92 Å². The van der Waals surface area contributed by atoms with Crippen LogP contribution in [0.2, 0.25) is 0 Å². The molecule has 1 aromatic carbocycles. The first kappa shape index (κ1) is 12.0. The molecule has 0 saturated heterocycles. The summed E-state index contributed by atoms with van der Waals surface area (Å²) in [7, 11) is 0. The molecule has 1 unspecified atom stereocenters. The molecule has 0 bridgehead atoms. The number of anilines is 1. The molecule has 5 heteroatoms. The fraction of sp³-hybridized carbons (Fsp3) is 0.333. The van der Waals surface area contributed by atoms with Gasteiger partial charge in [-0.2, -0.15) is 11.8 Å². The molecule has 102 valence electrons. The van der Waals surface area contributed by atoms with Gasteiger partial charge in [-0.25, -0.2) is 9.97 Å². The van der Waals surface area contributed by atoms with Crippen molar-refractivity contribution in [3.63, 3.8) is 0 Å². The first-order chi connectivity index (χ1) is 9.83. The lowest BCUT2D eigenvalue weighted by Crippen LogP contribution is -2.18. The molecule has 2 aromatic rings. The van der Waals surface area contributed by atoms with E-state index in [0.717, 1.165) is 40.8 Å². The predicted octanol–water partition coefficient (Wildman–Crippen LogP) is 2.72. The second-order valence-electron chi connectivity index (χ2n) is 5.11. The Morgan fingerprint density at radius 2 is 2.10 bits per heavy atom. The summed E-state index contributed by atoms with van der Waals surface area (Å²) < 4.78 is 5.71. The number of nitrogen functional groups attached to an aromatic ring is 1. The number of benzene rings is 1. The maximum absolute atomic E-state index is 6.10. The number of nitrogens with zero attached hydrogens (tertiary/aromatic N) is 2. The van der Waals surface area contributed by atoms with Crippen LogP contribution in [0.3, 0.4) is 0 Å². The topological polar surface area (TPSA) is 61.0 Å². The number of hydrogen-bond donors (Lipinski definition) is 1. The predicted molar refractivity (Wildman–Crippen MR) is 79.8 cm³/mol. The summed E-state index contributed by atoms with van der Waals surface area (Å²) in [5.41, 5.74) is 9.51. The second kappa shape index (κ2) is 4.66. The van der Waals surface area contributed by atoms with E-state index >= 15 is 0 Å². The highest BCUT2D eigenvalue weighted by Gasteiger charge is 2.27. The van der Waals surface area contributed by atoms with Crippen LogP contribution in [-0.4, -0.2) is 16.6 Å². The minimum absolute atomic E-state index is 0.193. The highest BCUT2D eigenvalue weighted by atomic mass is 32.2. The van der Waals surface area contributed by atoms with Crippen LogP contribution in [0.15, 0.2) is 24.3 Å². The Kier molecular flexibility index (Phi) is 2.80. The van der Waals surface area contributed by atoms with Gasteiger partial charge < -0.3 is 10.5 Å². The minimum atomic E-state index is 0.193. The standard InChI is InChI=1S/C15H15N3OS/c16-14-11-7-20-8-12(11)17-15(18-14)10-5-6-19-13-4-2-1-3-9(10)13/h1-4,10H,5-8H2,(H2,16,17,18). The maximum atomic E-state index is 6.10. The van der Waals surface area contributed by atoms with Crippen molar-refractivity contribution < 1.29 is 4.74 Å². The Labute approximate surface area is 121 Å². The van der Waals surface area contributed by atoms with Crippen molar-refractivity contribution in [1.29, 1.82) is 0 Å². The molecule has 0 amide bonds. The molecule has 1 aromatic heterocycles. The van der Waals surface area contributed by atoms with Crippen LogP contribution >= 0.6 is 11.8 Å². The number of thioether (sulfide) groups is 1. The van der Waals surface area contributed by atoms with E-state index in [9.17, 15) is 0 Å². The van der Waals surface area contributed by atoms with Crippen LogP contribution < -0.4 is 10.5 Å². The lowest BCUT2D eigenvalue weighted by molar-refractivity contribution is 0.274. The van der Waals surface area contributed by atoms with E-state index < -0.39 is 0 Å². The number of nitrogens with two attached hydrogens (primary N) is 1. The lowest BCUT2D eigenvalue weighted by Gasteiger charge is -2.25. The Balaban J connectivity index is 1.81. The molecular formula is C15H15N3OS. The first-order valence-corrected chi connectivity index (χ1v) is 7.93. The number of fused-ring (bicyclic) bond motifs is 2. The van der Waals surface area contributed by atoms with Crippen LogP contribution in [0.4, 0.5) is 5.82 Å². The van der Waals surface area contributed by atoms with Crippen molar-refractivity contribution in [2.24, 2.45) is 0 Å². The third-order valence-electron chi connectivity index (χ3n) is 3.90. The average molecular weight is 285 g/mol. The number of rotatable bonds is 1. The van der Waals surface area contributed by atoms with Gasteiger partial charge in [0.15, 0.2) is 0 Å². The molecule has 2 aliphatic heterocycles. The zero-order chi connectivity index (χ0) is 13.5. The smallest absolute Gasteiger partial charge is 0.138 e. The van der Waals surface area contributed by atoms with E-state index in [4.69, 9.17) is 15.5 Å². The van der Waals surface area contributed by atoms with Crippen molar-refractivity contribution in [2.75, 3.05) is 12.3 Å². The lowest BCUT2D eigenvalue weighted by atomic mass is 9.92. The summed E-state index contributed by atoms with van der Waals surface area (Å²) >= 11 is 1.85. The van der Waals surface area contributed by atoms with Gasteiger partial charge in [0.1, 0.15) is 17.4 Å². The molecule has 0 radical (unpaired) electrons. The summed E-state index contributed by atoms with van der Waals surface area (Å²) in [6.45, 7) is 0.705. The molecule has 2 N–H and O–H groups in total. The van der Waals surface area contributed by atoms with Crippen molar-refractivity contribution in [2.45, 2.75) is 23.8 Å². The average Bonchev–Trinajstić information content (AvgIpc) is 2.95. The molecule has 3 heterocycles. The monoisotopic (exact) mass is 285 g/mol. The van der Waals surface area contributed by atoms with Crippen molar-refractivity contribution in [3.05, 3.63) is 46.9 Å². The minimum Gasteiger partial charge on any atom is -0.493 e. The normalized spacial score (nSPS) is 20.1. The van der Waals surface area contributed by atoms with E-state index in [0.29, 0.717) is 12.4 Å². The van der Waals surface area contributed by atoms with Crippen molar-refractivity contribution in [3.8, 4) is 5.75 Å².